The Bertz CT molecular complexity index is 325. The van der Waals surface area contributed by atoms with Gasteiger partial charge in [0, 0.05) is 17.3 Å². The Kier molecular flexibility index (Phi) is 6.69. The van der Waals surface area contributed by atoms with Crippen LogP contribution in [0.2, 0.25) is 0 Å². The van der Waals surface area contributed by atoms with Crippen molar-refractivity contribution in [2.24, 2.45) is 0 Å². The predicted molar refractivity (Wildman–Crippen MR) is 88.2 cm³/mol. The van der Waals surface area contributed by atoms with Crippen LogP contribution in [0, 0.1) is 0 Å². The van der Waals surface area contributed by atoms with Crippen molar-refractivity contribution in [1.82, 2.24) is 4.98 Å². The van der Waals surface area contributed by atoms with E-state index in [4.69, 9.17) is 0 Å². The van der Waals surface area contributed by atoms with E-state index >= 15 is 0 Å². The molecule has 0 saturated heterocycles. The van der Waals surface area contributed by atoms with Crippen LogP contribution < -0.4 is 0 Å². The Morgan fingerprint density at radius 2 is 1.20 bits per heavy atom. The van der Waals surface area contributed by atoms with Gasteiger partial charge in [0.2, 0.25) is 0 Å². The average Bonchev–Trinajstić information content (AvgIpc) is 2.98. The second kappa shape index (κ2) is 8.54. The van der Waals surface area contributed by atoms with E-state index in [-0.39, 0.29) is 0 Å². The summed E-state index contributed by atoms with van der Waals surface area (Å²) in [7, 11) is 0. The normalized spacial score (nSPS) is 23.1. The summed E-state index contributed by atoms with van der Waals surface area (Å²) in [5.74, 6) is 0. The lowest BCUT2D eigenvalue weighted by Crippen LogP contribution is -2.22. The van der Waals surface area contributed by atoms with Crippen LogP contribution in [-0.2, 0) is 5.41 Å². The highest BCUT2D eigenvalue weighted by Gasteiger charge is 2.26. The Morgan fingerprint density at radius 1 is 0.750 bits per heavy atom. The molecule has 0 unspecified atom stereocenters. The van der Waals surface area contributed by atoms with Gasteiger partial charge in [0.25, 0.3) is 0 Å². The first-order valence-electron chi connectivity index (χ1n) is 8.95. The zero-order chi connectivity index (χ0) is 14.1. The van der Waals surface area contributed by atoms with Crippen molar-refractivity contribution in [2.75, 3.05) is 0 Å². The Balaban J connectivity index is 1.90. The summed E-state index contributed by atoms with van der Waals surface area (Å²) in [6, 6.07) is 4.45. The van der Waals surface area contributed by atoms with Gasteiger partial charge in [-0.15, -0.1) is 0 Å². The topological polar surface area (TPSA) is 15.8 Å². The van der Waals surface area contributed by atoms with Crippen LogP contribution >= 0.6 is 0 Å². The third-order valence-corrected chi connectivity index (χ3v) is 5.21. The number of H-pyrrole nitrogens is 1. The molecule has 1 aliphatic carbocycles. The SMILES string of the molecule is CC1(c2ccc[nH]2)CCCCCCCCCCCCC1. The summed E-state index contributed by atoms with van der Waals surface area (Å²) in [6.07, 6.45) is 20.7. The lowest BCUT2D eigenvalue weighted by molar-refractivity contribution is 0.352. The van der Waals surface area contributed by atoms with Gasteiger partial charge in [-0.05, 0) is 25.0 Å². The van der Waals surface area contributed by atoms with Gasteiger partial charge in [-0.2, -0.15) is 0 Å². The Hall–Kier alpha value is -0.720. The predicted octanol–water partition coefficient (Wildman–Crippen LogP) is 6.36. The fourth-order valence-corrected chi connectivity index (χ4v) is 3.72. The van der Waals surface area contributed by atoms with Crippen molar-refractivity contribution in [1.29, 1.82) is 0 Å². The number of nitrogens with one attached hydrogen (secondary N) is 1. The van der Waals surface area contributed by atoms with Gasteiger partial charge in [0.15, 0.2) is 0 Å². The lowest BCUT2D eigenvalue weighted by atomic mass is 9.77. The molecule has 1 heterocycles. The molecule has 0 amide bonds. The summed E-state index contributed by atoms with van der Waals surface area (Å²) in [6.45, 7) is 2.48. The number of aromatic nitrogens is 1. The molecule has 1 aliphatic rings. The first-order valence-corrected chi connectivity index (χ1v) is 8.95. The number of aromatic amines is 1. The van der Waals surface area contributed by atoms with Gasteiger partial charge >= 0.3 is 0 Å². The molecule has 0 atom stereocenters. The van der Waals surface area contributed by atoms with Crippen LogP contribution in [0.4, 0.5) is 0 Å². The largest absolute Gasteiger partial charge is 0.365 e. The smallest absolute Gasteiger partial charge is 0.0207 e. The van der Waals surface area contributed by atoms with Gasteiger partial charge in [-0.1, -0.05) is 77.6 Å². The first kappa shape index (κ1) is 15.7. The average molecular weight is 275 g/mol. The Morgan fingerprint density at radius 3 is 1.60 bits per heavy atom. The van der Waals surface area contributed by atoms with Crippen LogP contribution in [0.3, 0.4) is 0 Å². The highest BCUT2D eigenvalue weighted by atomic mass is 14.7. The van der Waals surface area contributed by atoms with Crippen LogP contribution in [0.25, 0.3) is 0 Å². The van der Waals surface area contributed by atoms with E-state index < -0.39 is 0 Å². The van der Waals surface area contributed by atoms with Crippen molar-refractivity contribution in [2.45, 2.75) is 95.8 Å². The first-order chi connectivity index (χ1) is 9.81. The minimum atomic E-state index is 0.383. The minimum Gasteiger partial charge on any atom is -0.365 e. The van der Waals surface area contributed by atoms with Crippen LogP contribution in [0.15, 0.2) is 18.3 Å². The van der Waals surface area contributed by atoms with E-state index in [9.17, 15) is 0 Å². The zero-order valence-corrected chi connectivity index (χ0v) is 13.4. The fourth-order valence-electron chi connectivity index (χ4n) is 3.72. The zero-order valence-electron chi connectivity index (χ0n) is 13.4. The standard InChI is InChI=1S/C19H33N/c1-19(18-14-13-17-20-18)15-11-9-7-5-3-2-4-6-8-10-12-16-19/h13-14,17,20H,2-12,15-16H2,1H3. The third-order valence-electron chi connectivity index (χ3n) is 5.21. The monoisotopic (exact) mass is 275 g/mol. The maximum atomic E-state index is 3.48. The molecule has 1 heteroatoms. The van der Waals surface area contributed by atoms with Gasteiger partial charge in [-0.25, -0.2) is 0 Å². The van der Waals surface area contributed by atoms with Gasteiger partial charge in [0.05, 0.1) is 0 Å². The van der Waals surface area contributed by atoms with Crippen LogP contribution in [0.1, 0.15) is 96.1 Å². The quantitative estimate of drug-likeness (QED) is 0.614. The molecular formula is C19H33N. The maximum absolute atomic E-state index is 3.48. The molecular weight excluding hydrogens is 242 g/mol. The lowest BCUT2D eigenvalue weighted by Gasteiger charge is -2.29. The van der Waals surface area contributed by atoms with Crippen LogP contribution in [-0.4, -0.2) is 4.98 Å². The molecule has 0 spiro atoms. The second-order valence-corrected chi connectivity index (χ2v) is 7.03. The third kappa shape index (κ3) is 5.00. The molecule has 1 aromatic heterocycles. The summed E-state index contributed by atoms with van der Waals surface area (Å²) < 4.78 is 0. The van der Waals surface area contributed by atoms with Crippen molar-refractivity contribution in [3.63, 3.8) is 0 Å². The van der Waals surface area contributed by atoms with E-state index in [2.05, 4.69) is 30.2 Å². The van der Waals surface area contributed by atoms with Crippen molar-refractivity contribution in [3.05, 3.63) is 24.0 Å². The summed E-state index contributed by atoms with van der Waals surface area (Å²) in [5.41, 5.74) is 1.85. The van der Waals surface area contributed by atoms with Crippen LogP contribution in [0.5, 0.6) is 0 Å². The molecule has 0 aromatic carbocycles. The molecule has 1 N–H and O–H groups in total. The molecule has 0 radical (unpaired) electrons. The van der Waals surface area contributed by atoms with Crippen molar-refractivity contribution < 1.29 is 0 Å². The van der Waals surface area contributed by atoms with Crippen molar-refractivity contribution in [3.8, 4) is 0 Å². The van der Waals surface area contributed by atoms with E-state index in [1.807, 2.05) is 0 Å². The van der Waals surface area contributed by atoms with E-state index in [1.54, 1.807) is 0 Å². The van der Waals surface area contributed by atoms with Gasteiger partial charge in [-0.3, -0.25) is 0 Å². The minimum absolute atomic E-state index is 0.383. The van der Waals surface area contributed by atoms with Gasteiger partial charge < -0.3 is 4.98 Å². The number of hydrogen-bond donors (Lipinski definition) is 1. The van der Waals surface area contributed by atoms with E-state index in [1.165, 1.54) is 89.2 Å². The number of hydrogen-bond acceptors (Lipinski definition) is 0. The Labute approximate surface area is 125 Å². The molecule has 1 aromatic rings. The summed E-state index contributed by atoms with van der Waals surface area (Å²) in [4.78, 5) is 3.48. The summed E-state index contributed by atoms with van der Waals surface area (Å²) in [5, 5.41) is 0. The highest BCUT2D eigenvalue weighted by Crippen LogP contribution is 2.34. The highest BCUT2D eigenvalue weighted by molar-refractivity contribution is 5.16. The molecule has 114 valence electrons. The molecule has 2 rings (SSSR count). The van der Waals surface area contributed by atoms with Crippen molar-refractivity contribution >= 4 is 0 Å². The van der Waals surface area contributed by atoms with Gasteiger partial charge in [0.1, 0.15) is 0 Å². The maximum Gasteiger partial charge on any atom is 0.0207 e. The molecule has 20 heavy (non-hydrogen) atoms. The molecule has 1 nitrogen and oxygen atoms in total. The fraction of sp³-hybridized carbons (Fsp3) is 0.789. The molecule has 1 fully saturated rings. The molecule has 1 saturated carbocycles. The molecule has 0 bridgehead atoms. The number of rotatable bonds is 1. The van der Waals surface area contributed by atoms with E-state index in [0.29, 0.717) is 5.41 Å². The summed E-state index contributed by atoms with van der Waals surface area (Å²) >= 11 is 0. The van der Waals surface area contributed by atoms with E-state index in [0.717, 1.165) is 0 Å². The molecule has 0 aliphatic heterocycles. The second-order valence-electron chi connectivity index (χ2n) is 7.03.